The van der Waals surface area contributed by atoms with Crippen LogP contribution in [0, 0.1) is 0 Å². The van der Waals surface area contributed by atoms with Crippen LogP contribution in [0.5, 0.6) is 0 Å². The predicted molar refractivity (Wildman–Crippen MR) is 118 cm³/mol. The van der Waals surface area contributed by atoms with Gasteiger partial charge in [0.2, 0.25) is 0 Å². The van der Waals surface area contributed by atoms with Crippen molar-refractivity contribution in [3.8, 4) is 0 Å². The molecule has 26 heavy (non-hydrogen) atoms. The van der Waals surface area contributed by atoms with Gasteiger partial charge >= 0.3 is 0 Å². The molecule has 0 bridgehead atoms. The second-order valence-electron chi connectivity index (χ2n) is 6.82. The third-order valence-corrected chi connectivity index (χ3v) is 5.47. The molecule has 0 spiro atoms. The molecule has 152 valence electrons. The van der Waals surface area contributed by atoms with Gasteiger partial charge in [-0.1, -0.05) is 77.0 Å². The number of thioether (sulfide) groups is 1. The minimum absolute atomic E-state index is 0.375. The maximum atomic E-state index is 12.7. The van der Waals surface area contributed by atoms with E-state index in [2.05, 4.69) is 20.1 Å². The summed E-state index contributed by atoms with van der Waals surface area (Å²) in [5.74, 6) is 2.06. The van der Waals surface area contributed by atoms with E-state index in [9.17, 15) is 4.39 Å². The van der Waals surface area contributed by atoms with Crippen LogP contribution in [-0.4, -0.2) is 24.7 Å². The van der Waals surface area contributed by atoms with Crippen LogP contribution in [0.1, 0.15) is 84.0 Å². The minimum atomic E-state index is -0.375. The summed E-state index contributed by atoms with van der Waals surface area (Å²) in [4.78, 5) is 0. The Morgan fingerprint density at radius 2 is 1.42 bits per heavy atom. The van der Waals surface area contributed by atoms with E-state index >= 15 is 0 Å². The second-order valence-corrected chi connectivity index (χ2v) is 8.04. The highest BCUT2D eigenvalue weighted by Gasteiger charge is 1.97. The quantitative estimate of drug-likeness (QED) is 0.155. The fraction of sp³-hybridized carbons (Fsp3) is 0.739. The highest BCUT2D eigenvalue weighted by molar-refractivity contribution is 7.99. The molecule has 0 aliphatic heterocycles. The van der Waals surface area contributed by atoms with Gasteiger partial charge in [-0.15, -0.1) is 0 Å². The van der Waals surface area contributed by atoms with Crippen LogP contribution in [-0.2, 0) is 4.74 Å². The van der Waals surface area contributed by atoms with Gasteiger partial charge in [-0.25, -0.2) is 4.39 Å². The summed E-state index contributed by atoms with van der Waals surface area (Å²) in [5.41, 5.74) is 0.963. The van der Waals surface area contributed by atoms with E-state index in [1.807, 2.05) is 11.8 Å². The summed E-state index contributed by atoms with van der Waals surface area (Å²) in [6.07, 6.45) is 18.8. The Morgan fingerprint density at radius 3 is 1.92 bits per heavy atom. The molecule has 0 aromatic heterocycles. The average molecular weight is 385 g/mol. The van der Waals surface area contributed by atoms with Gasteiger partial charge in [0.25, 0.3) is 0 Å². The summed E-state index contributed by atoms with van der Waals surface area (Å²) < 4.78 is 18.1. The molecular formula is C23H41FOS. The first-order chi connectivity index (χ1) is 12.7. The standard InChI is InChI=1S/C23H41FOS/c1-4-23(21-22(3)24)17-15-13-11-9-7-6-8-10-12-14-16-19-26-20-18-25-5-2/h4,21H,1,3,5-20H2,2H3/b23-21+. The lowest BCUT2D eigenvalue weighted by Crippen LogP contribution is -1.96. The Labute approximate surface area is 166 Å². The van der Waals surface area contributed by atoms with Crippen LogP contribution in [0.15, 0.2) is 36.7 Å². The number of halogens is 1. The maximum Gasteiger partial charge on any atom is 0.116 e. The molecule has 0 aliphatic carbocycles. The van der Waals surface area contributed by atoms with Crippen LogP contribution in [0.3, 0.4) is 0 Å². The molecule has 0 amide bonds. The van der Waals surface area contributed by atoms with Crippen molar-refractivity contribution in [2.24, 2.45) is 0 Å². The third kappa shape index (κ3) is 19.8. The molecular weight excluding hydrogens is 343 g/mol. The molecule has 0 N–H and O–H groups in total. The van der Waals surface area contributed by atoms with Crippen molar-refractivity contribution in [3.05, 3.63) is 36.7 Å². The molecule has 1 nitrogen and oxygen atoms in total. The molecule has 0 unspecified atom stereocenters. The predicted octanol–water partition coefficient (Wildman–Crippen LogP) is 8.03. The Morgan fingerprint density at radius 1 is 0.885 bits per heavy atom. The van der Waals surface area contributed by atoms with E-state index in [0.29, 0.717) is 0 Å². The maximum absolute atomic E-state index is 12.7. The molecule has 0 aromatic rings. The Bertz CT molecular complexity index is 365. The highest BCUT2D eigenvalue weighted by Crippen LogP contribution is 2.16. The molecule has 0 atom stereocenters. The fourth-order valence-corrected chi connectivity index (χ4v) is 3.77. The summed E-state index contributed by atoms with van der Waals surface area (Å²) in [7, 11) is 0. The van der Waals surface area contributed by atoms with E-state index < -0.39 is 0 Å². The first-order valence-corrected chi connectivity index (χ1v) is 11.7. The number of ether oxygens (including phenoxy) is 1. The number of rotatable bonds is 20. The van der Waals surface area contributed by atoms with E-state index in [0.717, 1.165) is 37.4 Å². The summed E-state index contributed by atoms with van der Waals surface area (Å²) in [6.45, 7) is 10.8. The lowest BCUT2D eigenvalue weighted by Gasteiger charge is -2.04. The lowest BCUT2D eigenvalue weighted by atomic mass is 10.0. The Kier molecular flexibility index (Phi) is 20.3. The second kappa shape index (κ2) is 20.8. The monoisotopic (exact) mass is 384 g/mol. The molecule has 3 heteroatoms. The van der Waals surface area contributed by atoms with Crippen LogP contribution in [0.4, 0.5) is 4.39 Å². The van der Waals surface area contributed by atoms with Crippen molar-refractivity contribution < 1.29 is 9.13 Å². The smallest absolute Gasteiger partial charge is 0.116 e. The first-order valence-electron chi connectivity index (χ1n) is 10.5. The highest BCUT2D eigenvalue weighted by atomic mass is 32.2. The van der Waals surface area contributed by atoms with E-state index in [-0.39, 0.29) is 5.83 Å². The van der Waals surface area contributed by atoms with Crippen LogP contribution >= 0.6 is 11.8 Å². The van der Waals surface area contributed by atoms with Crippen LogP contribution < -0.4 is 0 Å². The van der Waals surface area contributed by atoms with Crippen molar-refractivity contribution in [2.45, 2.75) is 84.0 Å². The fourth-order valence-electron chi connectivity index (χ4n) is 2.92. The van der Waals surface area contributed by atoms with Gasteiger partial charge in [-0.05, 0) is 43.6 Å². The third-order valence-electron chi connectivity index (χ3n) is 4.43. The zero-order valence-corrected chi connectivity index (χ0v) is 17.9. The molecule has 0 radical (unpaired) electrons. The zero-order valence-electron chi connectivity index (χ0n) is 17.1. The van der Waals surface area contributed by atoms with Crippen molar-refractivity contribution in [3.63, 3.8) is 0 Å². The van der Waals surface area contributed by atoms with Crippen LogP contribution in [0.25, 0.3) is 0 Å². The summed E-state index contributed by atoms with van der Waals surface area (Å²) in [6, 6.07) is 0. The van der Waals surface area contributed by atoms with Crippen molar-refractivity contribution in [1.82, 2.24) is 0 Å². The Balaban J connectivity index is 3.20. The number of allylic oxidation sites excluding steroid dienone is 4. The largest absolute Gasteiger partial charge is 0.381 e. The molecule has 0 heterocycles. The van der Waals surface area contributed by atoms with Gasteiger partial charge in [-0.3, -0.25) is 0 Å². The average Bonchev–Trinajstić information content (AvgIpc) is 2.63. The van der Waals surface area contributed by atoms with E-state index in [4.69, 9.17) is 4.74 Å². The number of hydrogen-bond donors (Lipinski definition) is 0. The molecule has 0 saturated carbocycles. The van der Waals surface area contributed by atoms with Crippen molar-refractivity contribution in [2.75, 3.05) is 24.7 Å². The van der Waals surface area contributed by atoms with Gasteiger partial charge < -0.3 is 4.74 Å². The van der Waals surface area contributed by atoms with Crippen molar-refractivity contribution in [1.29, 1.82) is 0 Å². The zero-order chi connectivity index (χ0) is 19.3. The topological polar surface area (TPSA) is 9.23 Å². The molecule has 0 saturated heterocycles. The van der Waals surface area contributed by atoms with E-state index in [1.54, 1.807) is 6.08 Å². The lowest BCUT2D eigenvalue weighted by molar-refractivity contribution is 0.164. The number of hydrogen-bond acceptors (Lipinski definition) is 2. The molecule has 0 rings (SSSR count). The Hall–Kier alpha value is -0.540. The summed E-state index contributed by atoms with van der Waals surface area (Å²) in [5, 5.41) is 0. The normalized spacial score (nSPS) is 11.7. The van der Waals surface area contributed by atoms with Gasteiger partial charge in [0.1, 0.15) is 5.83 Å². The van der Waals surface area contributed by atoms with E-state index in [1.165, 1.54) is 76.0 Å². The van der Waals surface area contributed by atoms with Gasteiger partial charge in [-0.2, -0.15) is 11.8 Å². The van der Waals surface area contributed by atoms with Gasteiger partial charge in [0, 0.05) is 12.4 Å². The van der Waals surface area contributed by atoms with Crippen LogP contribution in [0.2, 0.25) is 0 Å². The molecule has 0 aliphatic rings. The molecule has 0 aromatic carbocycles. The van der Waals surface area contributed by atoms with Gasteiger partial charge in [0.05, 0.1) is 6.61 Å². The van der Waals surface area contributed by atoms with Gasteiger partial charge in [0.15, 0.2) is 0 Å². The summed E-state index contributed by atoms with van der Waals surface area (Å²) >= 11 is 2.02. The first kappa shape index (κ1) is 25.5. The minimum Gasteiger partial charge on any atom is -0.381 e. The number of unbranched alkanes of at least 4 members (excludes halogenated alkanes) is 10. The molecule has 0 fully saturated rings. The SMILES string of the molecule is C=C/C(=C\C(=C)F)CCCCCCCCCCCCCSCCOCC. The van der Waals surface area contributed by atoms with Crippen molar-refractivity contribution >= 4 is 11.8 Å².